The average Bonchev–Trinajstić information content (AvgIpc) is 2.63. The lowest BCUT2D eigenvalue weighted by Crippen LogP contribution is -2.23. The Balaban J connectivity index is 1.76. The van der Waals surface area contributed by atoms with Crippen molar-refractivity contribution in [3.8, 4) is 11.5 Å². The van der Waals surface area contributed by atoms with Crippen molar-refractivity contribution < 1.29 is 31.8 Å². The number of ether oxygens (including phenoxy) is 2. The van der Waals surface area contributed by atoms with Crippen molar-refractivity contribution in [2.45, 2.75) is 25.6 Å². The standard InChI is InChI=1S/C19H19F4NO3/c1-26-17-8-4-13(10-16(17)20)5-9-18(25)24-11-14-2-6-15(7-3-14)27-12-19(21,22)23/h2-4,6-8,10H,5,9,11-12H2,1H3,(H,24,25). The molecule has 2 rings (SSSR count). The van der Waals surface area contributed by atoms with Crippen LogP contribution in [0.5, 0.6) is 11.5 Å². The summed E-state index contributed by atoms with van der Waals surface area (Å²) in [5.41, 5.74) is 1.40. The summed E-state index contributed by atoms with van der Waals surface area (Å²) in [6.45, 7) is -1.12. The Hall–Kier alpha value is -2.77. The molecule has 2 aromatic carbocycles. The molecule has 0 aliphatic carbocycles. The van der Waals surface area contributed by atoms with Crippen LogP contribution in [0.25, 0.3) is 0 Å². The lowest BCUT2D eigenvalue weighted by atomic mass is 10.1. The maximum Gasteiger partial charge on any atom is 0.422 e. The second-order valence-electron chi connectivity index (χ2n) is 5.79. The van der Waals surface area contributed by atoms with E-state index in [0.717, 1.165) is 5.56 Å². The molecule has 27 heavy (non-hydrogen) atoms. The highest BCUT2D eigenvalue weighted by Crippen LogP contribution is 2.19. The van der Waals surface area contributed by atoms with Gasteiger partial charge in [-0.15, -0.1) is 0 Å². The highest BCUT2D eigenvalue weighted by atomic mass is 19.4. The van der Waals surface area contributed by atoms with Gasteiger partial charge in [0.15, 0.2) is 18.2 Å². The Morgan fingerprint density at radius 2 is 1.74 bits per heavy atom. The number of benzene rings is 2. The van der Waals surface area contributed by atoms with Gasteiger partial charge in [-0.25, -0.2) is 4.39 Å². The Kier molecular flexibility index (Phi) is 7.04. The number of methoxy groups -OCH3 is 1. The third kappa shape index (κ3) is 7.16. The van der Waals surface area contributed by atoms with E-state index in [2.05, 4.69) is 10.1 Å². The van der Waals surface area contributed by atoms with Gasteiger partial charge in [0.05, 0.1) is 7.11 Å². The van der Waals surface area contributed by atoms with Crippen LogP contribution in [0.1, 0.15) is 17.5 Å². The molecule has 0 saturated heterocycles. The van der Waals surface area contributed by atoms with Gasteiger partial charge in [-0.1, -0.05) is 18.2 Å². The molecule has 0 aromatic heterocycles. The van der Waals surface area contributed by atoms with Crippen LogP contribution >= 0.6 is 0 Å². The van der Waals surface area contributed by atoms with Crippen LogP contribution in [0.2, 0.25) is 0 Å². The van der Waals surface area contributed by atoms with Crippen molar-refractivity contribution in [2.75, 3.05) is 13.7 Å². The van der Waals surface area contributed by atoms with E-state index in [0.29, 0.717) is 12.0 Å². The van der Waals surface area contributed by atoms with Gasteiger partial charge in [0, 0.05) is 13.0 Å². The zero-order chi connectivity index (χ0) is 19.9. The molecule has 0 saturated carbocycles. The molecule has 0 spiro atoms. The number of rotatable bonds is 8. The fourth-order valence-electron chi connectivity index (χ4n) is 2.28. The summed E-state index contributed by atoms with van der Waals surface area (Å²) in [5, 5.41) is 2.70. The third-order valence-electron chi connectivity index (χ3n) is 3.67. The monoisotopic (exact) mass is 385 g/mol. The molecule has 1 amide bonds. The summed E-state index contributed by atoms with van der Waals surface area (Å²) < 4.78 is 59.3. The van der Waals surface area contributed by atoms with Crippen molar-refractivity contribution in [3.05, 3.63) is 59.4 Å². The molecular weight excluding hydrogens is 366 g/mol. The average molecular weight is 385 g/mol. The molecule has 0 atom stereocenters. The number of hydrogen-bond acceptors (Lipinski definition) is 3. The van der Waals surface area contributed by atoms with E-state index in [1.165, 1.54) is 31.4 Å². The van der Waals surface area contributed by atoms with Crippen molar-refractivity contribution >= 4 is 5.91 Å². The number of amides is 1. The van der Waals surface area contributed by atoms with Gasteiger partial charge in [0.1, 0.15) is 5.75 Å². The Labute approximate surface area is 154 Å². The summed E-state index contributed by atoms with van der Waals surface area (Å²) in [7, 11) is 1.38. The van der Waals surface area contributed by atoms with Crippen molar-refractivity contribution in [1.82, 2.24) is 5.32 Å². The molecule has 0 aliphatic heterocycles. The quantitative estimate of drug-likeness (QED) is 0.698. The fourth-order valence-corrected chi connectivity index (χ4v) is 2.28. The first kappa shape index (κ1) is 20.5. The molecule has 146 valence electrons. The van der Waals surface area contributed by atoms with Crippen molar-refractivity contribution in [2.24, 2.45) is 0 Å². The highest BCUT2D eigenvalue weighted by Gasteiger charge is 2.28. The molecular formula is C19H19F4NO3. The largest absolute Gasteiger partial charge is 0.494 e. The van der Waals surface area contributed by atoms with Gasteiger partial charge in [-0.05, 0) is 41.8 Å². The molecule has 0 radical (unpaired) electrons. The minimum Gasteiger partial charge on any atom is -0.494 e. The molecule has 2 aromatic rings. The van der Waals surface area contributed by atoms with E-state index in [9.17, 15) is 22.4 Å². The van der Waals surface area contributed by atoms with Gasteiger partial charge in [0.2, 0.25) is 5.91 Å². The molecule has 0 unspecified atom stereocenters. The molecule has 0 bridgehead atoms. The van der Waals surface area contributed by atoms with Gasteiger partial charge >= 0.3 is 6.18 Å². The first-order chi connectivity index (χ1) is 12.8. The van der Waals surface area contributed by atoms with Crippen LogP contribution in [-0.4, -0.2) is 25.8 Å². The SMILES string of the molecule is COc1ccc(CCC(=O)NCc2ccc(OCC(F)(F)F)cc2)cc1F. The minimum absolute atomic E-state index is 0.101. The number of halogens is 4. The topological polar surface area (TPSA) is 47.6 Å². The predicted molar refractivity (Wildman–Crippen MR) is 91.1 cm³/mol. The number of carbonyl (C=O) groups excluding carboxylic acids is 1. The third-order valence-corrected chi connectivity index (χ3v) is 3.67. The number of nitrogens with one attached hydrogen (secondary N) is 1. The number of alkyl halides is 3. The maximum atomic E-state index is 13.6. The lowest BCUT2D eigenvalue weighted by Gasteiger charge is -2.10. The van der Waals surface area contributed by atoms with E-state index in [1.807, 2.05) is 0 Å². The summed E-state index contributed by atoms with van der Waals surface area (Å²) >= 11 is 0. The first-order valence-electron chi connectivity index (χ1n) is 8.14. The van der Waals surface area contributed by atoms with Crippen LogP contribution in [-0.2, 0) is 17.8 Å². The fraction of sp³-hybridized carbons (Fsp3) is 0.316. The Morgan fingerprint density at radius 1 is 1.07 bits per heavy atom. The zero-order valence-electron chi connectivity index (χ0n) is 14.6. The van der Waals surface area contributed by atoms with Crippen molar-refractivity contribution in [1.29, 1.82) is 0 Å². The molecule has 0 heterocycles. The smallest absolute Gasteiger partial charge is 0.422 e. The summed E-state index contributed by atoms with van der Waals surface area (Å²) in [6, 6.07) is 10.5. The highest BCUT2D eigenvalue weighted by molar-refractivity contribution is 5.76. The maximum absolute atomic E-state index is 13.6. The molecule has 8 heteroatoms. The Bertz CT molecular complexity index is 761. The van der Waals surface area contributed by atoms with Gasteiger partial charge in [-0.3, -0.25) is 4.79 Å². The molecule has 4 nitrogen and oxygen atoms in total. The Morgan fingerprint density at radius 3 is 2.33 bits per heavy atom. The van der Waals surface area contributed by atoms with E-state index >= 15 is 0 Å². The lowest BCUT2D eigenvalue weighted by molar-refractivity contribution is -0.153. The zero-order valence-corrected chi connectivity index (χ0v) is 14.6. The van der Waals surface area contributed by atoms with Gasteiger partial charge in [-0.2, -0.15) is 13.2 Å². The second-order valence-corrected chi connectivity index (χ2v) is 5.79. The molecule has 0 aliphatic rings. The van der Waals surface area contributed by atoms with E-state index < -0.39 is 18.6 Å². The van der Waals surface area contributed by atoms with E-state index in [1.54, 1.807) is 18.2 Å². The van der Waals surface area contributed by atoms with E-state index in [-0.39, 0.29) is 30.4 Å². The van der Waals surface area contributed by atoms with Crippen LogP contribution in [0.4, 0.5) is 17.6 Å². The summed E-state index contributed by atoms with van der Waals surface area (Å²) in [4.78, 5) is 11.9. The summed E-state index contributed by atoms with van der Waals surface area (Å²) in [6.07, 6.45) is -3.84. The number of hydrogen-bond donors (Lipinski definition) is 1. The molecule has 0 fully saturated rings. The van der Waals surface area contributed by atoms with Crippen LogP contribution in [0.15, 0.2) is 42.5 Å². The number of aryl methyl sites for hydroxylation is 1. The van der Waals surface area contributed by atoms with Gasteiger partial charge in [0.25, 0.3) is 0 Å². The minimum atomic E-state index is -4.39. The van der Waals surface area contributed by atoms with Crippen LogP contribution in [0, 0.1) is 5.82 Å². The van der Waals surface area contributed by atoms with Gasteiger partial charge < -0.3 is 14.8 Å². The van der Waals surface area contributed by atoms with E-state index in [4.69, 9.17) is 4.74 Å². The number of carbonyl (C=O) groups is 1. The van der Waals surface area contributed by atoms with Crippen LogP contribution < -0.4 is 14.8 Å². The first-order valence-corrected chi connectivity index (χ1v) is 8.14. The normalized spacial score (nSPS) is 11.1. The van der Waals surface area contributed by atoms with Crippen LogP contribution in [0.3, 0.4) is 0 Å². The predicted octanol–water partition coefficient (Wildman–Crippen LogP) is 4.02. The molecule has 1 N–H and O–H groups in total. The second kappa shape index (κ2) is 9.25. The summed E-state index contributed by atoms with van der Waals surface area (Å²) in [5.74, 6) is -0.457. The van der Waals surface area contributed by atoms with Crippen molar-refractivity contribution in [3.63, 3.8) is 0 Å².